The van der Waals surface area contributed by atoms with Crippen LogP contribution in [0.3, 0.4) is 0 Å². The summed E-state index contributed by atoms with van der Waals surface area (Å²) in [6.07, 6.45) is 0. The van der Waals surface area contributed by atoms with E-state index in [-0.39, 0.29) is 0 Å². The van der Waals surface area contributed by atoms with E-state index in [2.05, 4.69) is 6.07 Å². The molecule has 0 aromatic heterocycles. The Morgan fingerprint density at radius 2 is 1.61 bits per heavy atom. The zero-order chi connectivity index (χ0) is 12.7. The summed E-state index contributed by atoms with van der Waals surface area (Å²) in [4.78, 5) is 0. The molecule has 18 heavy (non-hydrogen) atoms. The Hall–Kier alpha value is -2.47. The smallest absolute Gasteiger partial charge is 0.187 e. The molecule has 0 atom stereocenters. The van der Waals surface area contributed by atoms with Crippen LogP contribution < -0.4 is 9.47 Å². The molecule has 0 unspecified atom stereocenters. The van der Waals surface area contributed by atoms with Crippen LogP contribution in [-0.4, -0.2) is 0 Å². The molecule has 88 valence electrons. The molecule has 0 saturated heterocycles. The van der Waals surface area contributed by atoms with E-state index in [0.717, 1.165) is 11.1 Å². The molecule has 1 aliphatic rings. The van der Waals surface area contributed by atoms with E-state index in [1.807, 2.05) is 26.0 Å². The number of rotatable bonds is 0. The van der Waals surface area contributed by atoms with Crippen LogP contribution in [0.15, 0.2) is 30.3 Å². The normalized spacial score (nSPS) is 11.6. The number of nitrogens with zero attached hydrogens (tertiary/aromatic N) is 1. The van der Waals surface area contributed by atoms with Crippen molar-refractivity contribution in [1.29, 1.82) is 5.26 Å². The Bertz CT molecular complexity index is 684. The topological polar surface area (TPSA) is 42.2 Å². The number of benzene rings is 2. The highest BCUT2D eigenvalue weighted by Gasteiger charge is 2.22. The number of hydrogen-bond donors (Lipinski definition) is 0. The lowest BCUT2D eigenvalue weighted by atomic mass is 10.1. The number of nitriles is 1. The molecule has 0 radical (unpaired) electrons. The van der Waals surface area contributed by atoms with Gasteiger partial charge in [-0.2, -0.15) is 5.26 Å². The van der Waals surface area contributed by atoms with E-state index in [0.29, 0.717) is 28.6 Å². The van der Waals surface area contributed by atoms with Crippen LogP contribution in [0, 0.1) is 25.2 Å². The van der Waals surface area contributed by atoms with Crippen molar-refractivity contribution in [2.45, 2.75) is 13.8 Å². The van der Waals surface area contributed by atoms with E-state index in [1.54, 1.807) is 18.2 Å². The second kappa shape index (κ2) is 3.78. The summed E-state index contributed by atoms with van der Waals surface area (Å²) in [6.45, 7) is 4.05. The maximum absolute atomic E-state index is 9.05. The molecule has 0 fully saturated rings. The Morgan fingerprint density at radius 1 is 0.944 bits per heavy atom. The summed E-state index contributed by atoms with van der Waals surface area (Å²) >= 11 is 0. The molecule has 2 aromatic carbocycles. The Kier molecular flexibility index (Phi) is 2.24. The molecule has 0 N–H and O–H groups in total. The molecule has 0 amide bonds. The lowest BCUT2D eigenvalue weighted by Gasteiger charge is -2.22. The Balaban J connectivity index is 2.15. The third-order valence-electron chi connectivity index (χ3n) is 3.09. The molecule has 3 nitrogen and oxygen atoms in total. The van der Waals surface area contributed by atoms with Crippen LogP contribution in [0.5, 0.6) is 23.0 Å². The summed E-state index contributed by atoms with van der Waals surface area (Å²) in [6, 6.07) is 11.3. The van der Waals surface area contributed by atoms with Gasteiger partial charge >= 0.3 is 0 Å². The third-order valence-corrected chi connectivity index (χ3v) is 3.09. The van der Waals surface area contributed by atoms with Crippen molar-refractivity contribution in [3.63, 3.8) is 0 Å². The zero-order valence-electron chi connectivity index (χ0n) is 10.2. The number of aryl methyl sites for hydroxylation is 2. The standard InChI is InChI=1S/C15H11NO2/c1-9-6-13-14(7-10(9)2)18-15-11(8-16)4-3-5-12(15)17-13/h3-7H,1-2H3. The van der Waals surface area contributed by atoms with Gasteiger partial charge in [-0.15, -0.1) is 0 Å². The number of fused-ring (bicyclic) bond motifs is 2. The Morgan fingerprint density at radius 3 is 2.28 bits per heavy atom. The first-order chi connectivity index (χ1) is 8.69. The largest absolute Gasteiger partial charge is 0.449 e. The van der Waals surface area contributed by atoms with Gasteiger partial charge in [-0.3, -0.25) is 0 Å². The zero-order valence-corrected chi connectivity index (χ0v) is 10.2. The van der Waals surface area contributed by atoms with Crippen LogP contribution in [0.2, 0.25) is 0 Å². The van der Waals surface area contributed by atoms with Crippen molar-refractivity contribution < 1.29 is 9.47 Å². The second-order valence-electron chi connectivity index (χ2n) is 4.33. The first-order valence-electron chi connectivity index (χ1n) is 5.69. The first kappa shape index (κ1) is 10.7. The fraction of sp³-hybridized carbons (Fsp3) is 0.133. The van der Waals surface area contributed by atoms with Gasteiger partial charge in [0, 0.05) is 0 Å². The highest BCUT2D eigenvalue weighted by molar-refractivity contribution is 5.61. The average molecular weight is 237 g/mol. The van der Waals surface area contributed by atoms with Crippen LogP contribution in [0.1, 0.15) is 16.7 Å². The van der Waals surface area contributed by atoms with Crippen molar-refractivity contribution >= 4 is 0 Å². The van der Waals surface area contributed by atoms with E-state index in [4.69, 9.17) is 14.7 Å². The first-order valence-corrected chi connectivity index (χ1v) is 5.69. The van der Waals surface area contributed by atoms with Crippen molar-refractivity contribution in [2.75, 3.05) is 0 Å². The van der Waals surface area contributed by atoms with Crippen LogP contribution >= 0.6 is 0 Å². The summed E-state index contributed by atoms with van der Waals surface area (Å²) in [5.74, 6) is 2.44. The SMILES string of the molecule is Cc1cc2c(cc1C)Oc1c(C#N)cccc1O2. The molecule has 2 aromatic rings. The fourth-order valence-electron chi connectivity index (χ4n) is 1.94. The molecule has 1 heterocycles. The van der Waals surface area contributed by atoms with Gasteiger partial charge in [0.2, 0.25) is 0 Å². The summed E-state index contributed by atoms with van der Waals surface area (Å²) in [7, 11) is 0. The highest BCUT2D eigenvalue weighted by Crippen LogP contribution is 2.47. The van der Waals surface area contributed by atoms with Gasteiger partial charge < -0.3 is 9.47 Å². The van der Waals surface area contributed by atoms with Crippen LogP contribution in [-0.2, 0) is 0 Å². The number of hydrogen-bond acceptors (Lipinski definition) is 3. The van der Waals surface area contributed by atoms with Gasteiger partial charge in [0.15, 0.2) is 23.0 Å². The van der Waals surface area contributed by atoms with Gasteiger partial charge in [-0.05, 0) is 49.2 Å². The maximum Gasteiger partial charge on any atom is 0.187 e. The van der Waals surface area contributed by atoms with E-state index in [9.17, 15) is 0 Å². The molecule has 0 saturated carbocycles. The van der Waals surface area contributed by atoms with Crippen LogP contribution in [0.25, 0.3) is 0 Å². The van der Waals surface area contributed by atoms with Gasteiger partial charge in [-0.25, -0.2) is 0 Å². The maximum atomic E-state index is 9.05. The minimum atomic E-state index is 0.483. The molecule has 3 heteroatoms. The molecule has 0 bridgehead atoms. The lowest BCUT2D eigenvalue weighted by Crippen LogP contribution is -2.01. The van der Waals surface area contributed by atoms with E-state index in [1.165, 1.54) is 0 Å². The van der Waals surface area contributed by atoms with Crippen molar-refractivity contribution in [3.05, 3.63) is 47.0 Å². The Labute approximate surface area is 105 Å². The molecule has 3 rings (SSSR count). The highest BCUT2D eigenvalue weighted by atomic mass is 16.6. The lowest BCUT2D eigenvalue weighted by molar-refractivity contribution is 0.358. The third kappa shape index (κ3) is 1.51. The fourth-order valence-corrected chi connectivity index (χ4v) is 1.94. The molecule has 0 spiro atoms. The summed E-state index contributed by atoms with van der Waals surface area (Å²) in [5, 5.41) is 9.05. The minimum absolute atomic E-state index is 0.483. The predicted octanol–water partition coefficient (Wildman–Crippen LogP) is 4.07. The molecule has 1 aliphatic heterocycles. The van der Waals surface area contributed by atoms with Gasteiger partial charge in [0.1, 0.15) is 6.07 Å². The van der Waals surface area contributed by atoms with Crippen LogP contribution in [0.4, 0.5) is 0 Å². The second-order valence-corrected chi connectivity index (χ2v) is 4.33. The van der Waals surface area contributed by atoms with Gasteiger partial charge in [0.25, 0.3) is 0 Å². The summed E-state index contributed by atoms with van der Waals surface area (Å²) in [5.41, 5.74) is 2.77. The number of ether oxygens (including phenoxy) is 2. The monoisotopic (exact) mass is 237 g/mol. The molecular formula is C15H11NO2. The van der Waals surface area contributed by atoms with E-state index >= 15 is 0 Å². The predicted molar refractivity (Wildman–Crippen MR) is 67.2 cm³/mol. The summed E-state index contributed by atoms with van der Waals surface area (Å²) < 4.78 is 11.6. The van der Waals surface area contributed by atoms with E-state index < -0.39 is 0 Å². The molecular weight excluding hydrogens is 226 g/mol. The van der Waals surface area contributed by atoms with Crippen molar-refractivity contribution in [1.82, 2.24) is 0 Å². The minimum Gasteiger partial charge on any atom is -0.449 e. The van der Waals surface area contributed by atoms with Gasteiger partial charge in [0.05, 0.1) is 5.56 Å². The molecule has 0 aliphatic carbocycles. The average Bonchev–Trinajstić information content (AvgIpc) is 2.37. The number of para-hydroxylation sites is 1. The quantitative estimate of drug-likeness (QED) is 0.591. The van der Waals surface area contributed by atoms with Crippen molar-refractivity contribution in [2.24, 2.45) is 0 Å². The van der Waals surface area contributed by atoms with Gasteiger partial charge in [-0.1, -0.05) is 6.07 Å². The van der Waals surface area contributed by atoms with Crippen molar-refractivity contribution in [3.8, 4) is 29.1 Å².